The number of fused-ring (bicyclic) bond motifs is 4. The van der Waals surface area contributed by atoms with Gasteiger partial charge in [-0.05, 0) is 118 Å². The van der Waals surface area contributed by atoms with Gasteiger partial charge in [0.2, 0.25) is 0 Å². The average Bonchev–Trinajstić information content (AvgIpc) is 3.55. The van der Waals surface area contributed by atoms with Gasteiger partial charge in [-0.3, -0.25) is 9.97 Å². The highest BCUT2D eigenvalue weighted by atomic mass is 35.5. The Balaban J connectivity index is 0.000000189. The molecule has 3 aliphatic heterocycles. The molecule has 0 amide bonds. The van der Waals surface area contributed by atoms with Crippen molar-refractivity contribution >= 4 is 50.5 Å². The second kappa shape index (κ2) is 15.9. The van der Waals surface area contributed by atoms with Crippen LogP contribution in [-0.2, 0) is 14.9 Å². The lowest BCUT2D eigenvalue weighted by Crippen LogP contribution is -2.37. The Labute approximate surface area is 347 Å². The molecule has 8 nitrogen and oxygen atoms in total. The third kappa shape index (κ3) is 7.17. The topological polar surface area (TPSA) is 76.5 Å². The Bertz CT molecular complexity index is 2730. The molecule has 10 rings (SSSR count). The monoisotopic (exact) mass is 810 g/mol. The fourth-order valence-corrected chi connectivity index (χ4v) is 9.27. The molecule has 3 aliphatic rings. The Morgan fingerprint density at radius 1 is 0.661 bits per heavy atom. The Kier molecular flexibility index (Phi) is 10.5. The molecule has 0 unspecified atom stereocenters. The molecular formula is C48H45ClF2N6O2. The van der Waals surface area contributed by atoms with E-state index in [1.54, 1.807) is 30.6 Å². The fraction of sp³-hybridized carbons (Fsp3) is 0.292. The quantitative estimate of drug-likeness (QED) is 0.174. The van der Waals surface area contributed by atoms with Crippen LogP contribution < -0.4 is 9.80 Å². The molecule has 7 heterocycles. The van der Waals surface area contributed by atoms with Crippen molar-refractivity contribution in [1.82, 2.24) is 19.9 Å². The maximum absolute atomic E-state index is 14.5. The van der Waals surface area contributed by atoms with Gasteiger partial charge < -0.3 is 19.3 Å². The van der Waals surface area contributed by atoms with Crippen LogP contribution in [0.5, 0.6) is 0 Å². The second-order valence-corrected chi connectivity index (χ2v) is 16.1. The molecule has 2 saturated heterocycles. The van der Waals surface area contributed by atoms with Crippen molar-refractivity contribution in [1.29, 1.82) is 0 Å². The summed E-state index contributed by atoms with van der Waals surface area (Å²) >= 11 is 6.40. The normalized spacial score (nSPS) is 16.1. The SMILES string of the molecule is Cc1ncccc1-c1nc2cc(F)ccc2c(Cl)c1C.Cc1ncccc1-c1nc2cc(F)ccc2c(N2CC3(CCOCC3)c3ccc(N4CCOCC4)cc32)c1C. The molecule has 0 N–H and O–H groups in total. The molecule has 11 heteroatoms. The van der Waals surface area contributed by atoms with Gasteiger partial charge in [0.1, 0.15) is 11.6 Å². The zero-order chi connectivity index (χ0) is 40.8. The van der Waals surface area contributed by atoms with E-state index >= 15 is 0 Å². The van der Waals surface area contributed by atoms with Gasteiger partial charge in [0.05, 0.1) is 46.3 Å². The molecule has 4 aromatic heterocycles. The van der Waals surface area contributed by atoms with Crippen LogP contribution in [0.1, 0.15) is 40.9 Å². The molecule has 300 valence electrons. The minimum atomic E-state index is -0.321. The van der Waals surface area contributed by atoms with E-state index in [1.165, 1.54) is 29.1 Å². The van der Waals surface area contributed by atoms with E-state index in [2.05, 4.69) is 55.9 Å². The number of aromatic nitrogens is 4. The van der Waals surface area contributed by atoms with Crippen LogP contribution in [-0.4, -0.2) is 66.0 Å². The third-order valence-electron chi connectivity index (χ3n) is 12.2. The van der Waals surface area contributed by atoms with E-state index in [0.717, 1.165) is 120 Å². The van der Waals surface area contributed by atoms with Crippen LogP contribution in [0.15, 0.2) is 91.3 Å². The highest BCUT2D eigenvalue weighted by Gasteiger charge is 2.45. The summed E-state index contributed by atoms with van der Waals surface area (Å²) < 4.78 is 39.4. The molecule has 2 fully saturated rings. The summed E-state index contributed by atoms with van der Waals surface area (Å²) in [5.41, 5.74) is 13.4. The third-order valence-corrected chi connectivity index (χ3v) is 12.7. The summed E-state index contributed by atoms with van der Waals surface area (Å²) in [5.74, 6) is -0.602. The number of anilines is 3. The highest BCUT2D eigenvalue weighted by molar-refractivity contribution is 6.36. The van der Waals surface area contributed by atoms with Gasteiger partial charge in [-0.1, -0.05) is 17.7 Å². The zero-order valence-corrected chi connectivity index (χ0v) is 34.4. The predicted octanol–water partition coefficient (Wildman–Crippen LogP) is 10.8. The minimum Gasteiger partial charge on any atom is -0.381 e. The first-order chi connectivity index (χ1) is 28.6. The number of nitrogens with zero attached hydrogens (tertiary/aromatic N) is 6. The van der Waals surface area contributed by atoms with E-state index in [9.17, 15) is 8.78 Å². The van der Waals surface area contributed by atoms with Crippen molar-refractivity contribution in [3.63, 3.8) is 0 Å². The summed E-state index contributed by atoms with van der Waals surface area (Å²) in [6, 6.07) is 24.2. The number of morpholine rings is 1. The molecule has 1 spiro atoms. The summed E-state index contributed by atoms with van der Waals surface area (Å²) in [6.07, 6.45) is 5.50. The van der Waals surface area contributed by atoms with Crippen molar-refractivity contribution in [2.24, 2.45) is 0 Å². The molecule has 0 radical (unpaired) electrons. The standard InChI is InChI=1S/C32H33FN4O2.C16H12ClFN2/c1-21-30(25-4-3-11-34-22(25)2)35-28-18-23(33)5-7-26(28)31(21)37-20-32(9-14-38-15-10-32)27-8-6-24(19-29(27)37)36-12-16-39-17-13-36;1-9-15(17)13-6-5-11(18)8-14(13)20-16(9)12-4-3-7-19-10(12)2/h3-8,11,18-19H,9-10,12-17,20H2,1-2H3;3-8H,1-2H3. The first kappa shape index (κ1) is 38.9. The second-order valence-electron chi connectivity index (χ2n) is 15.7. The van der Waals surface area contributed by atoms with Gasteiger partial charge in [0.25, 0.3) is 0 Å². The lowest BCUT2D eigenvalue weighted by molar-refractivity contribution is 0.0558. The van der Waals surface area contributed by atoms with Crippen molar-refractivity contribution in [3.05, 3.63) is 136 Å². The maximum atomic E-state index is 14.5. The van der Waals surface area contributed by atoms with Crippen molar-refractivity contribution in [3.8, 4) is 22.5 Å². The van der Waals surface area contributed by atoms with Gasteiger partial charge in [-0.25, -0.2) is 18.7 Å². The molecular weight excluding hydrogens is 766 g/mol. The number of aryl methyl sites for hydroxylation is 2. The molecule has 0 aliphatic carbocycles. The fourth-order valence-electron chi connectivity index (χ4n) is 9.02. The number of ether oxygens (including phenoxy) is 2. The van der Waals surface area contributed by atoms with Gasteiger partial charge in [-0.15, -0.1) is 0 Å². The van der Waals surface area contributed by atoms with Crippen molar-refractivity contribution < 1.29 is 18.3 Å². The van der Waals surface area contributed by atoms with Crippen LogP contribution >= 0.6 is 11.6 Å². The number of benzene rings is 3. The molecule has 0 bridgehead atoms. The predicted molar refractivity (Wildman–Crippen MR) is 232 cm³/mol. The van der Waals surface area contributed by atoms with E-state index < -0.39 is 0 Å². The summed E-state index contributed by atoms with van der Waals surface area (Å²) in [7, 11) is 0. The lowest BCUT2D eigenvalue weighted by atomic mass is 9.76. The number of halogens is 3. The molecule has 3 aromatic carbocycles. The zero-order valence-electron chi connectivity index (χ0n) is 33.7. The van der Waals surface area contributed by atoms with Gasteiger partial charge >= 0.3 is 0 Å². The first-order valence-corrected chi connectivity index (χ1v) is 20.5. The van der Waals surface area contributed by atoms with Gasteiger partial charge in [0, 0.05) is 107 Å². The largest absolute Gasteiger partial charge is 0.381 e. The van der Waals surface area contributed by atoms with Crippen molar-refractivity contribution in [2.45, 2.75) is 46.0 Å². The van der Waals surface area contributed by atoms with E-state index in [1.807, 2.05) is 45.0 Å². The summed E-state index contributed by atoms with van der Waals surface area (Å²) in [5, 5.41) is 2.33. The average molecular weight is 811 g/mol. The Morgan fingerprint density at radius 3 is 1.86 bits per heavy atom. The van der Waals surface area contributed by atoms with Crippen LogP contribution in [0, 0.1) is 39.3 Å². The smallest absolute Gasteiger partial charge is 0.125 e. The highest BCUT2D eigenvalue weighted by Crippen LogP contribution is 2.53. The Hall–Kier alpha value is -5.55. The molecule has 0 saturated carbocycles. The number of hydrogen-bond donors (Lipinski definition) is 0. The number of hydrogen-bond acceptors (Lipinski definition) is 8. The lowest BCUT2D eigenvalue weighted by Gasteiger charge is -2.35. The summed E-state index contributed by atoms with van der Waals surface area (Å²) in [4.78, 5) is 23.3. The van der Waals surface area contributed by atoms with E-state index in [-0.39, 0.29) is 17.0 Å². The number of pyridine rings is 4. The number of rotatable bonds is 4. The van der Waals surface area contributed by atoms with Crippen LogP contribution in [0.4, 0.5) is 25.8 Å². The van der Waals surface area contributed by atoms with Crippen LogP contribution in [0.3, 0.4) is 0 Å². The van der Waals surface area contributed by atoms with Crippen LogP contribution in [0.25, 0.3) is 44.3 Å². The van der Waals surface area contributed by atoms with Gasteiger partial charge in [-0.2, -0.15) is 0 Å². The molecule has 0 atom stereocenters. The minimum absolute atomic E-state index is 0.0174. The molecule has 7 aromatic rings. The van der Waals surface area contributed by atoms with Crippen molar-refractivity contribution in [2.75, 3.05) is 55.9 Å². The van der Waals surface area contributed by atoms with Crippen LogP contribution in [0.2, 0.25) is 5.02 Å². The van der Waals surface area contributed by atoms with E-state index in [0.29, 0.717) is 16.1 Å². The first-order valence-electron chi connectivity index (χ1n) is 20.1. The van der Waals surface area contributed by atoms with Gasteiger partial charge in [0.15, 0.2) is 0 Å². The summed E-state index contributed by atoms with van der Waals surface area (Å²) in [6.45, 7) is 13.6. The van der Waals surface area contributed by atoms with E-state index in [4.69, 9.17) is 26.1 Å². The molecule has 59 heavy (non-hydrogen) atoms. The maximum Gasteiger partial charge on any atom is 0.125 e. The Morgan fingerprint density at radius 2 is 1.24 bits per heavy atom.